The minimum atomic E-state index is -0.225. The Labute approximate surface area is 177 Å². The van der Waals surface area contributed by atoms with Crippen molar-refractivity contribution in [1.29, 1.82) is 0 Å². The van der Waals surface area contributed by atoms with Crippen LogP contribution < -0.4 is 20.1 Å². The van der Waals surface area contributed by atoms with E-state index in [9.17, 15) is 4.79 Å². The Hall–Kier alpha value is -3.06. The number of anilines is 1. The highest BCUT2D eigenvalue weighted by molar-refractivity contribution is 6.10. The first-order valence-corrected chi connectivity index (χ1v) is 10.2. The van der Waals surface area contributed by atoms with Gasteiger partial charge < -0.3 is 19.5 Å². The van der Waals surface area contributed by atoms with Crippen LogP contribution in [0.25, 0.3) is 0 Å². The van der Waals surface area contributed by atoms with Crippen LogP contribution in [-0.4, -0.2) is 45.3 Å². The van der Waals surface area contributed by atoms with Crippen LogP contribution in [-0.2, 0) is 11.2 Å². The summed E-state index contributed by atoms with van der Waals surface area (Å²) in [6.45, 7) is 3.32. The Balaban J connectivity index is 1.77. The molecule has 1 atom stereocenters. The lowest BCUT2D eigenvalue weighted by Gasteiger charge is -2.15. The number of nitrogens with zero attached hydrogens (tertiary/aromatic N) is 1. The van der Waals surface area contributed by atoms with Gasteiger partial charge >= 0.3 is 0 Å². The molecule has 1 aliphatic heterocycles. The van der Waals surface area contributed by atoms with E-state index in [1.54, 1.807) is 26.4 Å². The molecule has 7 nitrogen and oxygen atoms in total. The highest BCUT2D eigenvalue weighted by atomic mass is 16.5. The molecule has 1 amide bonds. The van der Waals surface area contributed by atoms with Crippen LogP contribution in [0.4, 0.5) is 5.69 Å². The van der Waals surface area contributed by atoms with Gasteiger partial charge in [0.15, 0.2) is 11.5 Å². The summed E-state index contributed by atoms with van der Waals surface area (Å²) in [5, 5.41) is 6.06. The quantitative estimate of drug-likeness (QED) is 0.537. The minimum Gasteiger partial charge on any atom is -0.493 e. The third kappa shape index (κ3) is 5.73. The average Bonchev–Trinajstić information content (AvgIpc) is 3.31. The molecule has 2 aromatic rings. The SMILES string of the molecule is CCc1ccc(C(=O)NC(=NCC2CCCO2)Nc2ccc(OC)c(OC)c2)cc1. The lowest BCUT2D eigenvalue weighted by atomic mass is 10.1. The van der Waals surface area contributed by atoms with E-state index in [4.69, 9.17) is 14.2 Å². The summed E-state index contributed by atoms with van der Waals surface area (Å²) in [6, 6.07) is 13.0. The van der Waals surface area contributed by atoms with Gasteiger partial charge in [-0.2, -0.15) is 0 Å². The predicted molar refractivity (Wildman–Crippen MR) is 118 cm³/mol. The molecule has 0 saturated carbocycles. The number of ether oxygens (including phenoxy) is 3. The van der Waals surface area contributed by atoms with Gasteiger partial charge in [-0.25, -0.2) is 4.99 Å². The van der Waals surface area contributed by atoms with Crippen molar-refractivity contribution in [2.45, 2.75) is 32.3 Å². The smallest absolute Gasteiger partial charge is 0.257 e. The van der Waals surface area contributed by atoms with Crippen LogP contribution in [0, 0.1) is 0 Å². The van der Waals surface area contributed by atoms with Crippen LogP contribution in [0.1, 0.15) is 35.7 Å². The molecule has 0 aliphatic carbocycles. The van der Waals surface area contributed by atoms with Crippen molar-refractivity contribution < 1.29 is 19.0 Å². The van der Waals surface area contributed by atoms with Crippen molar-refractivity contribution in [1.82, 2.24) is 5.32 Å². The zero-order valence-corrected chi connectivity index (χ0v) is 17.7. The summed E-state index contributed by atoms with van der Waals surface area (Å²) >= 11 is 0. The second-order valence-corrected chi connectivity index (χ2v) is 7.02. The zero-order valence-electron chi connectivity index (χ0n) is 17.7. The monoisotopic (exact) mass is 411 g/mol. The molecular weight excluding hydrogens is 382 g/mol. The molecule has 1 saturated heterocycles. The summed E-state index contributed by atoms with van der Waals surface area (Å²) < 4.78 is 16.3. The molecule has 0 radical (unpaired) electrons. The maximum absolute atomic E-state index is 12.8. The van der Waals surface area contributed by atoms with Crippen molar-refractivity contribution >= 4 is 17.6 Å². The lowest BCUT2D eigenvalue weighted by Crippen LogP contribution is -2.36. The Morgan fingerprint density at radius 2 is 1.90 bits per heavy atom. The van der Waals surface area contributed by atoms with Gasteiger partial charge in [0, 0.05) is 23.9 Å². The van der Waals surface area contributed by atoms with Crippen molar-refractivity contribution in [3.63, 3.8) is 0 Å². The Bertz CT molecular complexity index is 875. The number of benzene rings is 2. The summed E-state index contributed by atoms with van der Waals surface area (Å²) in [5.74, 6) is 1.35. The Morgan fingerprint density at radius 3 is 2.53 bits per heavy atom. The fraction of sp³-hybridized carbons (Fsp3) is 0.391. The second-order valence-electron chi connectivity index (χ2n) is 7.02. The molecule has 30 heavy (non-hydrogen) atoms. The number of carbonyl (C=O) groups excluding carboxylic acids is 1. The van der Waals surface area contributed by atoms with E-state index in [-0.39, 0.29) is 12.0 Å². The fourth-order valence-electron chi connectivity index (χ4n) is 3.21. The molecule has 3 rings (SSSR count). The molecule has 160 valence electrons. The number of aliphatic imine (C=N–C) groups is 1. The summed E-state index contributed by atoms with van der Waals surface area (Å²) in [5.41, 5.74) is 2.48. The minimum absolute atomic E-state index is 0.0768. The molecule has 2 N–H and O–H groups in total. The number of methoxy groups -OCH3 is 2. The zero-order chi connectivity index (χ0) is 21.3. The number of amides is 1. The van der Waals surface area contributed by atoms with Crippen molar-refractivity contribution in [2.24, 2.45) is 4.99 Å². The predicted octanol–water partition coefficient (Wildman–Crippen LogP) is 3.64. The van der Waals surface area contributed by atoms with Gasteiger partial charge in [-0.15, -0.1) is 0 Å². The number of hydrogen-bond donors (Lipinski definition) is 2. The maximum atomic E-state index is 12.8. The normalized spacial score (nSPS) is 16.2. The van der Waals surface area contributed by atoms with Crippen LogP contribution in [0.15, 0.2) is 47.5 Å². The topological polar surface area (TPSA) is 81.2 Å². The lowest BCUT2D eigenvalue weighted by molar-refractivity contribution is 0.0975. The third-order valence-electron chi connectivity index (χ3n) is 4.98. The van der Waals surface area contributed by atoms with E-state index in [2.05, 4.69) is 22.5 Å². The number of carbonyl (C=O) groups is 1. The number of guanidine groups is 1. The number of aryl methyl sites for hydroxylation is 1. The first kappa shape index (κ1) is 21.6. The molecule has 2 aromatic carbocycles. The Morgan fingerprint density at radius 1 is 1.13 bits per heavy atom. The highest BCUT2D eigenvalue weighted by Crippen LogP contribution is 2.29. The first-order chi connectivity index (χ1) is 14.6. The van der Waals surface area contributed by atoms with Crippen LogP contribution in [0.2, 0.25) is 0 Å². The molecule has 0 bridgehead atoms. The molecule has 1 unspecified atom stereocenters. The first-order valence-electron chi connectivity index (χ1n) is 10.2. The van der Waals surface area contributed by atoms with E-state index >= 15 is 0 Å². The van der Waals surface area contributed by atoms with Crippen molar-refractivity contribution in [3.05, 3.63) is 53.6 Å². The maximum Gasteiger partial charge on any atom is 0.257 e. The van der Waals surface area contributed by atoms with Crippen LogP contribution in [0.3, 0.4) is 0 Å². The van der Waals surface area contributed by atoms with Crippen LogP contribution in [0.5, 0.6) is 11.5 Å². The second kappa shape index (κ2) is 10.6. The van der Waals surface area contributed by atoms with E-state index in [1.807, 2.05) is 30.3 Å². The summed E-state index contributed by atoms with van der Waals surface area (Å²) in [7, 11) is 3.17. The molecule has 0 spiro atoms. The number of hydrogen-bond acceptors (Lipinski definition) is 5. The van der Waals surface area contributed by atoms with Gasteiger partial charge in [0.05, 0.1) is 26.9 Å². The largest absolute Gasteiger partial charge is 0.493 e. The molecule has 1 aliphatic rings. The van der Waals surface area contributed by atoms with Gasteiger partial charge in [0.2, 0.25) is 5.96 Å². The molecule has 7 heteroatoms. The molecule has 1 fully saturated rings. The van der Waals surface area contributed by atoms with E-state index in [0.29, 0.717) is 29.6 Å². The van der Waals surface area contributed by atoms with E-state index < -0.39 is 0 Å². The molecular formula is C23H29N3O4. The van der Waals surface area contributed by atoms with Gasteiger partial charge in [-0.1, -0.05) is 19.1 Å². The fourth-order valence-corrected chi connectivity index (χ4v) is 3.21. The van der Waals surface area contributed by atoms with Crippen molar-refractivity contribution in [3.8, 4) is 11.5 Å². The number of nitrogens with one attached hydrogen (secondary N) is 2. The van der Waals surface area contributed by atoms with Gasteiger partial charge in [-0.05, 0) is 49.1 Å². The number of rotatable bonds is 7. The van der Waals surface area contributed by atoms with E-state index in [0.717, 1.165) is 31.6 Å². The summed E-state index contributed by atoms with van der Waals surface area (Å²) in [6.07, 6.45) is 3.01. The van der Waals surface area contributed by atoms with Gasteiger partial charge in [-0.3, -0.25) is 10.1 Å². The van der Waals surface area contributed by atoms with Crippen molar-refractivity contribution in [2.75, 3.05) is 32.7 Å². The third-order valence-corrected chi connectivity index (χ3v) is 4.98. The summed E-state index contributed by atoms with van der Waals surface area (Å²) in [4.78, 5) is 17.3. The standard InChI is InChI=1S/C23H29N3O4/c1-4-16-7-9-17(10-8-16)22(27)26-23(24-15-19-6-5-13-30-19)25-18-11-12-20(28-2)21(14-18)29-3/h7-12,14,19H,4-6,13,15H2,1-3H3,(H2,24,25,26,27). The molecule has 0 aromatic heterocycles. The molecule has 1 heterocycles. The van der Waals surface area contributed by atoms with Crippen LogP contribution >= 0.6 is 0 Å². The van der Waals surface area contributed by atoms with Gasteiger partial charge in [0.25, 0.3) is 5.91 Å². The van der Waals surface area contributed by atoms with Gasteiger partial charge in [0.1, 0.15) is 0 Å². The van der Waals surface area contributed by atoms with E-state index in [1.165, 1.54) is 5.56 Å². The average molecular weight is 412 g/mol. The Kier molecular flexibility index (Phi) is 7.68. The highest BCUT2D eigenvalue weighted by Gasteiger charge is 2.16.